The molecular weight excluding hydrogens is 324 g/mol. The van der Waals surface area contributed by atoms with Crippen molar-refractivity contribution < 1.29 is 9.59 Å². The number of amides is 2. The minimum atomic E-state index is -0.608. The summed E-state index contributed by atoms with van der Waals surface area (Å²) in [5, 5.41) is 0. The molecule has 2 unspecified atom stereocenters. The average Bonchev–Trinajstić information content (AvgIpc) is 2.73. The highest BCUT2D eigenvalue weighted by Crippen LogP contribution is 2.45. The van der Waals surface area contributed by atoms with E-state index in [1.807, 2.05) is 25.9 Å². The van der Waals surface area contributed by atoms with Crippen molar-refractivity contribution in [3.05, 3.63) is 34.9 Å². The van der Waals surface area contributed by atoms with E-state index in [-0.39, 0.29) is 30.3 Å². The number of carbonyl (C=O) groups is 2. The van der Waals surface area contributed by atoms with E-state index in [4.69, 9.17) is 0 Å². The highest BCUT2D eigenvalue weighted by molar-refractivity contribution is 6.09. The number of rotatable bonds is 3. The topological polar surface area (TPSA) is 40.6 Å². The summed E-state index contributed by atoms with van der Waals surface area (Å²) in [5.41, 5.74) is 2.89. The first kappa shape index (κ1) is 18.9. The molecule has 1 spiro atoms. The molecule has 1 aromatic carbocycles. The zero-order chi connectivity index (χ0) is 16.8. The second-order valence-electron chi connectivity index (χ2n) is 7.40. The summed E-state index contributed by atoms with van der Waals surface area (Å²) >= 11 is 0. The second-order valence-corrected chi connectivity index (χ2v) is 7.40. The number of carbonyl (C=O) groups excluding carboxylic acids is 2. The third-order valence-corrected chi connectivity index (χ3v) is 5.57. The predicted molar refractivity (Wildman–Crippen MR) is 97.5 cm³/mol. The highest BCUT2D eigenvalue weighted by Gasteiger charge is 2.54. The van der Waals surface area contributed by atoms with Crippen molar-refractivity contribution in [3.8, 4) is 0 Å². The largest absolute Gasteiger partial charge is 0.305 e. The molecule has 0 aromatic heterocycles. The number of nitrogens with zero attached hydrogens (tertiary/aromatic N) is 2. The highest BCUT2D eigenvalue weighted by atomic mass is 35.5. The van der Waals surface area contributed by atoms with E-state index in [1.165, 1.54) is 10.5 Å². The molecule has 0 saturated carbocycles. The minimum Gasteiger partial charge on any atom is -0.305 e. The quantitative estimate of drug-likeness (QED) is 0.787. The maximum Gasteiger partial charge on any atom is 0.240 e. The van der Waals surface area contributed by atoms with Gasteiger partial charge < -0.3 is 4.90 Å². The fourth-order valence-electron chi connectivity index (χ4n) is 3.89. The molecule has 24 heavy (non-hydrogen) atoms. The zero-order valence-corrected chi connectivity index (χ0v) is 15.8. The number of halogens is 1. The van der Waals surface area contributed by atoms with Crippen LogP contribution in [0.15, 0.2) is 18.2 Å². The lowest BCUT2D eigenvalue weighted by Crippen LogP contribution is -2.45. The molecular formula is C19H27ClN2O2. The molecule has 1 aromatic rings. The van der Waals surface area contributed by atoms with Gasteiger partial charge >= 0.3 is 0 Å². The molecule has 2 atom stereocenters. The molecule has 0 N–H and O–H groups in total. The van der Waals surface area contributed by atoms with Crippen LogP contribution in [0.25, 0.3) is 0 Å². The Morgan fingerprint density at radius 1 is 1.29 bits per heavy atom. The predicted octanol–water partition coefficient (Wildman–Crippen LogP) is 2.70. The van der Waals surface area contributed by atoms with Crippen LogP contribution in [0.1, 0.15) is 42.9 Å². The number of imide groups is 1. The summed E-state index contributed by atoms with van der Waals surface area (Å²) in [6, 6.07) is 6.52. The minimum absolute atomic E-state index is 0. The van der Waals surface area contributed by atoms with Crippen LogP contribution in [0.3, 0.4) is 0 Å². The fraction of sp³-hybridized carbons (Fsp3) is 0.579. The molecule has 1 aliphatic carbocycles. The maximum absolute atomic E-state index is 13.2. The standard InChI is InChI=1S/C19H26N2O2.ClH/c1-13-7-8-15-6-5-9-19(16(15)10-13)11-17(22)21(18(19)23)12-14(2)20(3)4;/h7-8,10,14H,5-6,9,11-12H2,1-4H3;1H. The molecule has 1 fully saturated rings. The third kappa shape index (κ3) is 2.98. The lowest BCUT2D eigenvalue weighted by Gasteiger charge is -2.34. The van der Waals surface area contributed by atoms with Gasteiger partial charge in [-0.15, -0.1) is 12.4 Å². The molecule has 0 bridgehead atoms. The maximum atomic E-state index is 13.2. The monoisotopic (exact) mass is 350 g/mol. The number of likely N-dealkylation sites (N-methyl/N-ethyl adjacent to an activating group) is 1. The normalized spacial score (nSPS) is 24.3. The summed E-state index contributed by atoms with van der Waals surface area (Å²) in [5.74, 6) is 0.000746. The molecule has 1 heterocycles. The number of aryl methyl sites for hydroxylation is 2. The molecule has 132 valence electrons. The van der Waals surface area contributed by atoms with E-state index in [1.54, 1.807) is 0 Å². The van der Waals surface area contributed by atoms with Crippen LogP contribution < -0.4 is 0 Å². The van der Waals surface area contributed by atoms with Crippen molar-refractivity contribution in [1.29, 1.82) is 0 Å². The molecule has 5 heteroatoms. The van der Waals surface area contributed by atoms with Crippen LogP contribution in [0, 0.1) is 6.92 Å². The van der Waals surface area contributed by atoms with Crippen LogP contribution in [-0.4, -0.2) is 48.3 Å². The molecule has 1 aliphatic heterocycles. The van der Waals surface area contributed by atoms with E-state index < -0.39 is 5.41 Å². The van der Waals surface area contributed by atoms with Gasteiger partial charge in [-0.25, -0.2) is 0 Å². The van der Waals surface area contributed by atoms with Crippen molar-refractivity contribution >= 4 is 24.2 Å². The van der Waals surface area contributed by atoms with Gasteiger partial charge in [-0.1, -0.05) is 23.8 Å². The van der Waals surface area contributed by atoms with Gasteiger partial charge in [0.1, 0.15) is 0 Å². The lowest BCUT2D eigenvalue weighted by molar-refractivity contribution is -0.140. The summed E-state index contributed by atoms with van der Waals surface area (Å²) in [6.07, 6.45) is 3.11. The van der Waals surface area contributed by atoms with E-state index in [0.717, 1.165) is 30.4 Å². The van der Waals surface area contributed by atoms with Gasteiger partial charge in [-0.05, 0) is 58.3 Å². The summed E-state index contributed by atoms with van der Waals surface area (Å²) in [4.78, 5) is 29.4. The Hall–Kier alpha value is -1.39. The van der Waals surface area contributed by atoms with E-state index in [2.05, 4.69) is 25.1 Å². The van der Waals surface area contributed by atoms with Crippen LogP contribution in [0.4, 0.5) is 0 Å². The Labute approximate surface area is 150 Å². The van der Waals surface area contributed by atoms with E-state index in [9.17, 15) is 9.59 Å². The Balaban J connectivity index is 0.00000208. The van der Waals surface area contributed by atoms with Gasteiger partial charge in [0.15, 0.2) is 0 Å². The van der Waals surface area contributed by atoms with Gasteiger partial charge in [-0.2, -0.15) is 0 Å². The summed E-state index contributed by atoms with van der Waals surface area (Å²) in [6.45, 7) is 4.58. The van der Waals surface area contributed by atoms with Crippen LogP contribution in [0.2, 0.25) is 0 Å². The van der Waals surface area contributed by atoms with Crippen molar-refractivity contribution in [2.24, 2.45) is 0 Å². The fourth-order valence-corrected chi connectivity index (χ4v) is 3.89. The first-order valence-corrected chi connectivity index (χ1v) is 8.46. The lowest BCUT2D eigenvalue weighted by atomic mass is 9.68. The van der Waals surface area contributed by atoms with Crippen LogP contribution >= 0.6 is 12.4 Å². The van der Waals surface area contributed by atoms with Crippen LogP contribution in [0.5, 0.6) is 0 Å². The SMILES string of the molecule is Cc1ccc2c(c1)C1(CCC2)CC(=O)N(CC(C)N(C)C)C1=O.Cl. The number of fused-ring (bicyclic) bond motifs is 2. The van der Waals surface area contributed by atoms with Gasteiger partial charge in [0.2, 0.25) is 11.8 Å². The Morgan fingerprint density at radius 2 is 2.00 bits per heavy atom. The molecule has 3 rings (SSSR count). The first-order valence-electron chi connectivity index (χ1n) is 8.46. The molecule has 2 aliphatic rings. The Kier molecular flexibility index (Phi) is 5.41. The number of likely N-dealkylation sites (tertiary alicyclic amines) is 1. The van der Waals surface area contributed by atoms with Gasteiger partial charge in [-0.3, -0.25) is 14.5 Å². The molecule has 1 saturated heterocycles. The summed E-state index contributed by atoms with van der Waals surface area (Å²) in [7, 11) is 3.95. The second kappa shape index (κ2) is 6.85. The molecule has 0 radical (unpaired) electrons. The molecule has 4 nitrogen and oxygen atoms in total. The smallest absolute Gasteiger partial charge is 0.240 e. The van der Waals surface area contributed by atoms with Gasteiger partial charge in [0, 0.05) is 19.0 Å². The Bertz CT molecular complexity index is 659. The van der Waals surface area contributed by atoms with Crippen molar-refractivity contribution in [3.63, 3.8) is 0 Å². The number of hydrogen-bond acceptors (Lipinski definition) is 3. The van der Waals surface area contributed by atoms with Crippen molar-refractivity contribution in [2.75, 3.05) is 20.6 Å². The zero-order valence-electron chi connectivity index (χ0n) is 15.0. The Morgan fingerprint density at radius 3 is 2.67 bits per heavy atom. The number of hydrogen-bond donors (Lipinski definition) is 0. The first-order chi connectivity index (χ1) is 10.8. The average molecular weight is 351 g/mol. The summed E-state index contributed by atoms with van der Waals surface area (Å²) < 4.78 is 0. The van der Waals surface area contributed by atoms with Gasteiger partial charge in [0.25, 0.3) is 0 Å². The van der Waals surface area contributed by atoms with E-state index in [0.29, 0.717) is 13.0 Å². The van der Waals surface area contributed by atoms with Crippen molar-refractivity contribution in [2.45, 2.75) is 51.0 Å². The molecule has 2 amide bonds. The van der Waals surface area contributed by atoms with Crippen LogP contribution in [-0.2, 0) is 21.4 Å². The third-order valence-electron chi connectivity index (χ3n) is 5.57. The van der Waals surface area contributed by atoms with Crippen molar-refractivity contribution in [1.82, 2.24) is 9.80 Å². The number of benzene rings is 1. The van der Waals surface area contributed by atoms with E-state index >= 15 is 0 Å². The van der Waals surface area contributed by atoms with Gasteiger partial charge in [0.05, 0.1) is 5.41 Å².